The molecule has 1 aliphatic heterocycles. The minimum atomic E-state index is 0.199. The van der Waals surface area contributed by atoms with E-state index in [9.17, 15) is 4.79 Å². The number of ether oxygens (including phenoxy) is 1. The van der Waals surface area contributed by atoms with Crippen LogP contribution in [0.15, 0.2) is 24.3 Å². The first-order chi connectivity index (χ1) is 11.7. The highest BCUT2D eigenvalue weighted by Crippen LogP contribution is 2.21. The maximum Gasteiger partial charge on any atom is 0.233 e. The quantitative estimate of drug-likeness (QED) is 0.769. The van der Waals surface area contributed by atoms with Crippen molar-refractivity contribution in [1.82, 2.24) is 20.0 Å². The molecule has 6 heteroatoms. The molecule has 2 heterocycles. The van der Waals surface area contributed by atoms with Gasteiger partial charge < -0.3 is 9.64 Å². The Labute approximate surface area is 143 Å². The smallest absolute Gasteiger partial charge is 0.233 e. The van der Waals surface area contributed by atoms with Crippen molar-refractivity contribution in [2.75, 3.05) is 39.3 Å². The minimum absolute atomic E-state index is 0.199. The van der Waals surface area contributed by atoms with Gasteiger partial charge in [0.05, 0.1) is 5.69 Å². The van der Waals surface area contributed by atoms with E-state index in [1.54, 1.807) is 0 Å². The Morgan fingerprint density at radius 3 is 2.71 bits per heavy atom. The summed E-state index contributed by atoms with van der Waals surface area (Å²) in [5.41, 5.74) is 0.886. The van der Waals surface area contributed by atoms with Crippen LogP contribution in [0.3, 0.4) is 0 Å². The van der Waals surface area contributed by atoms with Crippen LogP contribution in [-0.2, 0) is 4.79 Å². The van der Waals surface area contributed by atoms with E-state index in [1.807, 2.05) is 24.0 Å². The molecule has 0 aromatic carbocycles. The largest absolute Gasteiger partial charge is 0.475 e. The van der Waals surface area contributed by atoms with Crippen LogP contribution in [0.25, 0.3) is 0 Å². The van der Waals surface area contributed by atoms with Gasteiger partial charge in [-0.15, -0.1) is 5.10 Å². The number of hydrogen-bond donors (Lipinski definition) is 0. The summed E-state index contributed by atoms with van der Waals surface area (Å²) >= 11 is 0. The lowest BCUT2D eigenvalue weighted by atomic mass is 9.93. The second-order valence-electron chi connectivity index (χ2n) is 6.51. The molecule has 0 spiro atoms. The van der Waals surface area contributed by atoms with E-state index < -0.39 is 0 Å². The molecular weight excluding hydrogens is 304 g/mol. The Bertz CT molecular complexity index is 565. The van der Waals surface area contributed by atoms with Crippen LogP contribution in [0.4, 0.5) is 0 Å². The number of amides is 1. The van der Waals surface area contributed by atoms with Crippen LogP contribution >= 0.6 is 0 Å². The first-order valence-corrected chi connectivity index (χ1v) is 8.81. The minimum Gasteiger partial charge on any atom is -0.475 e. The molecule has 130 valence electrons. The van der Waals surface area contributed by atoms with E-state index >= 15 is 0 Å². The summed E-state index contributed by atoms with van der Waals surface area (Å²) in [6.07, 6.45) is 7.27. The zero-order valence-corrected chi connectivity index (χ0v) is 14.4. The van der Waals surface area contributed by atoms with Gasteiger partial charge in [-0.1, -0.05) is 12.2 Å². The molecule has 1 fully saturated rings. The van der Waals surface area contributed by atoms with Gasteiger partial charge in [0.2, 0.25) is 11.8 Å². The zero-order chi connectivity index (χ0) is 16.8. The third kappa shape index (κ3) is 4.54. The molecule has 1 unspecified atom stereocenters. The number of carbonyl (C=O) groups excluding carboxylic acids is 1. The molecule has 1 atom stereocenters. The molecule has 0 bridgehead atoms. The maximum atomic E-state index is 12.5. The number of aryl methyl sites for hydroxylation is 1. The van der Waals surface area contributed by atoms with Crippen molar-refractivity contribution >= 4 is 5.91 Å². The first-order valence-electron chi connectivity index (χ1n) is 8.81. The highest BCUT2D eigenvalue weighted by atomic mass is 16.5. The molecule has 6 nitrogen and oxygen atoms in total. The number of nitrogens with zero attached hydrogens (tertiary/aromatic N) is 4. The van der Waals surface area contributed by atoms with Gasteiger partial charge in [-0.25, -0.2) is 0 Å². The molecule has 3 rings (SSSR count). The second kappa shape index (κ2) is 8.24. The molecule has 1 aromatic rings. The van der Waals surface area contributed by atoms with Crippen molar-refractivity contribution in [2.45, 2.75) is 26.2 Å². The average molecular weight is 330 g/mol. The summed E-state index contributed by atoms with van der Waals surface area (Å²) < 4.78 is 5.63. The maximum absolute atomic E-state index is 12.5. The van der Waals surface area contributed by atoms with Crippen LogP contribution < -0.4 is 4.74 Å². The predicted molar refractivity (Wildman–Crippen MR) is 91.8 cm³/mol. The molecule has 1 aliphatic carbocycles. The zero-order valence-electron chi connectivity index (χ0n) is 14.4. The number of allylic oxidation sites excluding steroid dienone is 2. The molecule has 2 aliphatic rings. The normalized spacial score (nSPS) is 21.7. The third-order valence-electron chi connectivity index (χ3n) is 4.73. The fourth-order valence-electron chi connectivity index (χ4n) is 3.21. The van der Waals surface area contributed by atoms with Crippen LogP contribution in [-0.4, -0.2) is 65.2 Å². The summed E-state index contributed by atoms with van der Waals surface area (Å²) in [7, 11) is 0. The van der Waals surface area contributed by atoms with Gasteiger partial charge in [0, 0.05) is 44.7 Å². The SMILES string of the molecule is Cc1ccc(OCCN2CCN(C(=O)C3CC=CCC3)CC2)nn1. The summed E-state index contributed by atoms with van der Waals surface area (Å²) in [4.78, 5) is 16.9. The Hall–Kier alpha value is -1.95. The fourth-order valence-corrected chi connectivity index (χ4v) is 3.21. The molecule has 1 aromatic heterocycles. The Morgan fingerprint density at radius 2 is 2.04 bits per heavy atom. The first kappa shape index (κ1) is 16.9. The monoisotopic (exact) mass is 330 g/mol. The van der Waals surface area contributed by atoms with Crippen LogP contribution in [0, 0.1) is 12.8 Å². The number of rotatable bonds is 5. The number of carbonyl (C=O) groups is 1. The van der Waals surface area contributed by atoms with E-state index in [0.29, 0.717) is 18.4 Å². The molecule has 0 radical (unpaired) electrons. The molecule has 24 heavy (non-hydrogen) atoms. The highest BCUT2D eigenvalue weighted by molar-refractivity contribution is 5.79. The van der Waals surface area contributed by atoms with E-state index in [1.165, 1.54) is 0 Å². The fraction of sp³-hybridized carbons (Fsp3) is 0.611. The van der Waals surface area contributed by atoms with Crippen molar-refractivity contribution in [3.8, 4) is 5.88 Å². The van der Waals surface area contributed by atoms with Crippen molar-refractivity contribution in [2.24, 2.45) is 5.92 Å². The van der Waals surface area contributed by atoms with Crippen LogP contribution in [0.1, 0.15) is 25.0 Å². The Kier molecular flexibility index (Phi) is 5.80. The van der Waals surface area contributed by atoms with Crippen molar-refractivity contribution in [3.63, 3.8) is 0 Å². The number of hydrogen-bond acceptors (Lipinski definition) is 5. The summed E-state index contributed by atoms with van der Waals surface area (Å²) in [5.74, 6) is 1.11. The summed E-state index contributed by atoms with van der Waals surface area (Å²) in [6, 6.07) is 3.74. The summed E-state index contributed by atoms with van der Waals surface area (Å²) in [5, 5.41) is 7.98. The van der Waals surface area contributed by atoms with E-state index in [2.05, 4.69) is 27.2 Å². The van der Waals surface area contributed by atoms with Gasteiger partial charge >= 0.3 is 0 Å². The van der Waals surface area contributed by atoms with Crippen LogP contribution in [0.2, 0.25) is 0 Å². The lowest BCUT2D eigenvalue weighted by Crippen LogP contribution is -2.51. The number of piperazine rings is 1. The van der Waals surface area contributed by atoms with Crippen molar-refractivity contribution in [3.05, 3.63) is 30.0 Å². The average Bonchev–Trinajstić information content (AvgIpc) is 2.64. The van der Waals surface area contributed by atoms with E-state index in [-0.39, 0.29) is 5.92 Å². The third-order valence-corrected chi connectivity index (χ3v) is 4.73. The summed E-state index contributed by atoms with van der Waals surface area (Å²) in [6.45, 7) is 6.82. The Morgan fingerprint density at radius 1 is 1.21 bits per heavy atom. The van der Waals surface area contributed by atoms with E-state index in [0.717, 1.165) is 57.7 Å². The second-order valence-corrected chi connectivity index (χ2v) is 6.51. The van der Waals surface area contributed by atoms with Crippen molar-refractivity contribution < 1.29 is 9.53 Å². The van der Waals surface area contributed by atoms with E-state index in [4.69, 9.17) is 4.74 Å². The van der Waals surface area contributed by atoms with Crippen LogP contribution in [0.5, 0.6) is 5.88 Å². The van der Waals surface area contributed by atoms with Gasteiger partial charge in [0.15, 0.2) is 0 Å². The lowest BCUT2D eigenvalue weighted by molar-refractivity contribution is -0.137. The highest BCUT2D eigenvalue weighted by Gasteiger charge is 2.27. The standard InChI is InChI=1S/C18H26N4O2/c1-15-7-8-17(20-19-15)24-14-13-21-9-11-22(12-10-21)18(23)16-5-3-2-4-6-16/h2-3,7-8,16H,4-6,9-14H2,1H3. The molecule has 0 saturated carbocycles. The van der Waals surface area contributed by atoms with Gasteiger partial charge in [-0.05, 0) is 32.3 Å². The van der Waals surface area contributed by atoms with Gasteiger partial charge in [0.25, 0.3) is 0 Å². The molecule has 1 amide bonds. The molecule has 1 saturated heterocycles. The van der Waals surface area contributed by atoms with Crippen molar-refractivity contribution in [1.29, 1.82) is 0 Å². The lowest BCUT2D eigenvalue weighted by Gasteiger charge is -2.36. The molecule has 0 N–H and O–H groups in total. The Balaban J connectivity index is 1.36. The van der Waals surface area contributed by atoms with Gasteiger partial charge in [0.1, 0.15) is 6.61 Å². The van der Waals surface area contributed by atoms with Gasteiger partial charge in [-0.3, -0.25) is 9.69 Å². The predicted octanol–water partition coefficient (Wildman–Crippen LogP) is 1.66. The molecular formula is C18H26N4O2. The topological polar surface area (TPSA) is 58.6 Å². The van der Waals surface area contributed by atoms with Gasteiger partial charge in [-0.2, -0.15) is 5.10 Å². The number of aromatic nitrogens is 2.